The summed E-state index contributed by atoms with van der Waals surface area (Å²) in [5.41, 5.74) is 2.05. The molecule has 1 aliphatic carbocycles. The highest BCUT2D eigenvalue weighted by Gasteiger charge is 2.30. The molecule has 1 aromatic heterocycles. The minimum Gasteiger partial charge on any atom is -0.343 e. The molecule has 2 heteroatoms. The third-order valence-electron chi connectivity index (χ3n) is 2.99. The Bertz CT molecular complexity index is 499. The maximum Gasteiger partial charge on any atom is 0.186 e. The molecule has 0 bridgehead atoms. The van der Waals surface area contributed by atoms with Crippen LogP contribution in [0.3, 0.4) is 0 Å². The number of carbonyl (C=O) groups excluding carboxylic acids is 1. The number of Topliss-reactive ketones (excluding diaryl/α,β-unsaturated/α-hetero) is 1. The fraction of sp³-hybridized carbons (Fsp3) is 0.154. The predicted molar refractivity (Wildman–Crippen MR) is 57.9 cm³/mol. The van der Waals surface area contributed by atoms with E-state index in [0.717, 1.165) is 12.0 Å². The number of rotatable bonds is 1. The van der Waals surface area contributed by atoms with Crippen molar-refractivity contribution in [2.45, 2.75) is 12.5 Å². The molecule has 0 saturated heterocycles. The molecule has 2 nitrogen and oxygen atoms in total. The van der Waals surface area contributed by atoms with Crippen LogP contribution in [0, 0.1) is 0 Å². The highest BCUT2D eigenvalue weighted by atomic mass is 16.1. The summed E-state index contributed by atoms with van der Waals surface area (Å²) in [6.07, 6.45) is 4.73. The Morgan fingerprint density at radius 1 is 1.07 bits per heavy atom. The molecule has 1 heterocycles. The molecule has 1 aliphatic rings. The second-order valence-electron chi connectivity index (χ2n) is 3.87. The zero-order chi connectivity index (χ0) is 10.3. The van der Waals surface area contributed by atoms with Crippen LogP contribution >= 0.6 is 0 Å². The van der Waals surface area contributed by atoms with Gasteiger partial charge >= 0.3 is 0 Å². The van der Waals surface area contributed by atoms with E-state index in [1.54, 1.807) is 0 Å². The maximum absolute atomic E-state index is 12.1. The molecule has 0 fully saturated rings. The van der Waals surface area contributed by atoms with E-state index in [2.05, 4.69) is 0 Å². The van der Waals surface area contributed by atoms with E-state index >= 15 is 0 Å². The van der Waals surface area contributed by atoms with Crippen molar-refractivity contribution in [1.82, 2.24) is 4.57 Å². The third-order valence-corrected chi connectivity index (χ3v) is 2.99. The molecule has 1 atom stereocenters. The zero-order valence-corrected chi connectivity index (χ0v) is 8.26. The van der Waals surface area contributed by atoms with Crippen LogP contribution in [-0.4, -0.2) is 10.4 Å². The Morgan fingerprint density at radius 2 is 1.80 bits per heavy atom. The number of hydrogen-bond acceptors (Lipinski definition) is 1. The Labute approximate surface area is 88.2 Å². The highest BCUT2D eigenvalue weighted by molar-refractivity contribution is 6.03. The van der Waals surface area contributed by atoms with Gasteiger partial charge in [-0.2, -0.15) is 0 Å². The van der Waals surface area contributed by atoms with Gasteiger partial charge in [-0.25, -0.2) is 0 Å². The van der Waals surface area contributed by atoms with Crippen molar-refractivity contribution >= 4 is 5.78 Å². The first-order valence-corrected chi connectivity index (χ1v) is 5.11. The quantitative estimate of drug-likeness (QED) is 0.688. The standard InChI is InChI=1S/C13H11NO/c15-13-11-6-2-1-5-10(11)9-12(13)14-7-3-4-8-14/h1-8,12H,9H2. The summed E-state index contributed by atoms with van der Waals surface area (Å²) >= 11 is 0. The lowest BCUT2D eigenvalue weighted by Crippen LogP contribution is -2.13. The van der Waals surface area contributed by atoms with Gasteiger partial charge in [0, 0.05) is 24.4 Å². The summed E-state index contributed by atoms with van der Waals surface area (Å²) in [5, 5.41) is 0. The van der Waals surface area contributed by atoms with Gasteiger partial charge in [0.25, 0.3) is 0 Å². The van der Waals surface area contributed by atoms with Gasteiger partial charge in [-0.15, -0.1) is 0 Å². The minimum absolute atomic E-state index is 0.0302. The molecule has 0 amide bonds. The summed E-state index contributed by atoms with van der Waals surface area (Å²) < 4.78 is 1.99. The van der Waals surface area contributed by atoms with E-state index in [9.17, 15) is 4.79 Å². The Hall–Kier alpha value is -1.83. The smallest absolute Gasteiger partial charge is 0.186 e. The van der Waals surface area contributed by atoms with Crippen LogP contribution in [-0.2, 0) is 6.42 Å². The average molecular weight is 197 g/mol. The van der Waals surface area contributed by atoms with Gasteiger partial charge in [0.2, 0.25) is 0 Å². The van der Waals surface area contributed by atoms with Crippen LogP contribution in [0.5, 0.6) is 0 Å². The molecule has 0 N–H and O–H groups in total. The van der Waals surface area contributed by atoms with Gasteiger partial charge in [-0.3, -0.25) is 4.79 Å². The third kappa shape index (κ3) is 1.22. The summed E-state index contributed by atoms with van der Waals surface area (Å²) in [5.74, 6) is 0.238. The number of ketones is 1. The van der Waals surface area contributed by atoms with Crippen molar-refractivity contribution in [3.63, 3.8) is 0 Å². The normalized spacial score (nSPS) is 19.2. The van der Waals surface area contributed by atoms with E-state index in [1.165, 1.54) is 5.56 Å². The predicted octanol–water partition coefficient (Wildman–Crippen LogP) is 2.47. The van der Waals surface area contributed by atoms with E-state index < -0.39 is 0 Å². The average Bonchev–Trinajstić information content (AvgIpc) is 2.87. The van der Waals surface area contributed by atoms with Crippen molar-refractivity contribution in [1.29, 1.82) is 0 Å². The molecule has 2 aromatic rings. The molecule has 0 saturated carbocycles. The molecule has 1 unspecified atom stereocenters. The molecule has 74 valence electrons. The number of benzene rings is 1. The van der Waals surface area contributed by atoms with Crippen molar-refractivity contribution in [2.75, 3.05) is 0 Å². The van der Waals surface area contributed by atoms with E-state index in [-0.39, 0.29) is 11.8 Å². The topological polar surface area (TPSA) is 22.0 Å². The number of fused-ring (bicyclic) bond motifs is 1. The molecule has 0 aliphatic heterocycles. The summed E-state index contributed by atoms with van der Waals surface area (Å²) in [7, 11) is 0. The van der Waals surface area contributed by atoms with Gasteiger partial charge in [-0.05, 0) is 17.7 Å². The molecule has 1 aromatic carbocycles. The Kier molecular flexibility index (Phi) is 1.75. The second kappa shape index (κ2) is 3.09. The highest BCUT2D eigenvalue weighted by Crippen LogP contribution is 2.29. The number of hydrogen-bond donors (Lipinski definition) is 0. The minimum atomic E-state index is -0.0302. The first-order chi connectivity index (χ1) is 7.36. The van der Waals surface area contributed by atoms with Gasteiger partial charge in [0.1, 0.15) is 6.04 Å². The van der Waals surface area contributed by atoms with Crippen LogP contribution in [0.15, 0.2) is 48.8 Å². The number of carbonyl (C=O) groups is 1. The first kappa shape index (κ1) is 8.48. The van der Waals surface area contributed by atoms with E-state index in [1.807, 2.05) is 53.4 Å². The summed E-state index contributed by atoms with van der Waals surface area (Å²) in [4.78, 5) is 12.1. The van der Waals surface area contributed by atoms with Gasteiger partial charge < -0.3 is 4.57 Å². The van der Waals surface area contributed by atoms with E-state index in [0.29, 0.717) is 0 Å². The van der Waals surface area contributed by atoms with Crippen LogP contribution in [0.1, 0.15) is 22.0 Å². The Morgan fingerprint density at radius 3 is 2.53 bits per heavy atom. The van der Waals surface area contributed by atoms with Crippen molar-refractivity contribution in [2.24, 2.45) is 0 Å². The van der Waals surface area contributed by atoms with Crippen LogP contribution < -0.4 is 0 Å². The lowest BCUT2D eigenvalue weighted by Gasteiger charge is -2.09. The van der Waals surface area contributed by atoms with Crippen molar-refractivity contribution < 1.29 is 4.79 Å². The van der Waals surface area contributed by atoms with Gasteiger partial charge in [0.15, 0.2) is 5.78 Å². The van der Waals surface area contributed by atoms with Crippen LogP contribution in [0.4, 0.5) is 0 Å². The molecular formula is C13H11NO. The van der Waals surface area contributed by atoms with Gasteiger partial charge in [0.05, 0.1) is 0 Å². The SMILES string of the molecule is O=C1c2ccccc2CC1n1cccc1. The first-order valence-electron chi connectivity index (χ1n) is 5.11. The second-order valence-corrected chi connectivity index (χ2v) is 3.87. The van der Waals surface area contributed by atoms with Crippen LogP contribution in [0.2, 0.25) is 0 Å². The summed E-state index contributed by atoms with van der Waals surface area (Å²) in [6, 6.07) is 11.8. The van der Waals surface area contributed by atoms with Gasteiger partial charge in [-0.1, -0.05) is 24.3 Å². The zero-order valence-electron chi connectivity index (χ0n) is 8.26. The molecule has 3 rings (SSSR count). The number of aromatic nitrogens is 1. The summed E-state index contributed by atoms with van der Waals surface area (Å²) in [6.45, 7) is 0. The van der Waals surface area contributed by atoms with Crippen LogP contribution in [0.25, 0.3) is 0 Å². The molecular weight excluding hydrogens is 186 g/mol. The fourth-order valence-corrected chi connectivity index (χ4v) is 2.22. The molecule has 0 radical (unpaired) electrons. The lowest BCUT2D eigenvalue weighted by molar-refractivity contribution is 0.0942. The lowest BCUT2D eigenvalue weighted by atomic mass is 10.1. The Balaban J connectivity index is 2.04. The number of nitrogens with zero attached hydrogens (tertiary/aromatic N) is 1. The largest absolute Gasteiger partial charge is 0.343 e. The molecule has 15 heavy (non-hydrogen) atoms. The fourth-order valence-electron chi connectivity index (χ4n) is 2.22. The molecule has 0 spiro atoms. The monoisotopic (exact) mass is 197 g/mol. The van der Waals surface area contributed by atoms with Crippen molar-refractivity contribution in [3.8, 4) is 0 Å². The van der Waals surface area contributed by atoms with E-state index in [4.69, 9.17) is 0 Å². The van der Waals surface area contributed by atoms with Crippen molar-refractivity contribution in [3.05, 3.63) is 59.9 Å². The maximum atomic E-state index is 12.1.